The highest BCUT2D eigenvalue weighted by atomic mass is 35.5. The number of nitrogens with one attached hydrogen (secondary N) is 1. The largest absolute Gasteiger partial charge is 0.328 e. The van der Waals surface area contributed by atoms with E-state index in [1.165, 1.54) is 17.4 Å². The van der Waals surface area contributed by atoms with Gasteiger partial charge in [-0.1, -0.05) is 18.2 Å². The van der Waals surface area contributed by atoms with Crippen molar-refractivity contribution in [3.05, 3.63) is 46.2 Å². The smallest absolute Gasteiger partial charge is 0.229 e. The lowest BCUT2D eigenvalue weighted by Gasteiger charge is -2.08. The molecule has 1 amide bonds. The number of rotatable bonds is 4. The Morgan fingerprint density at radius 1 is 1.42 bits per heavy atom. The number of benzene rings is 1. The Kier molecular flexibility index (Phi) is 6.32. The van der Waals surface area contributed by atoms with Gasteiger partial charge in [-0.15, -0.1) is 23.7 Å². The Morgan fingerprint density at radius 2 is 2.17 bits per heavy atom. The molecule has 1 aromatic heterocycles. The first-order chi connectivity index (χ1) is 11.0. The molecular weight excluding hydrogens is 349 g/mol. The van der Waals surface area contributed by atoms with Gasteiger partial charge in [0, 0.05) is 23.3 Å². The predicted octanol–water partition coefficient (Wildman–Crippen LogP) is 3.67. The van der Waals surface area contributed by atoms with Crippen LogP contribution in [0.1, 0.15) is 35.4 Å². The molecule has 3 rings (SSSR count). The minimum atomic E-state index is -0.217. The molecule has 0 radical (unpaired) electrons. The number of nitrogens with zero attached hydrogens (tertiary/aromatic N) is 1. The lowest BCUT2D eigenvalue weighted by Crippen LogP contribution is -2.23. The van der Waals surface area contributed by atoms with Crippen molar-refractivity contribution < 1.29 is 9.18 Å². The molecule has 2 aromatic rings. The van der Waals surface area contributed by atoms with E-state index >= 15 is 0 Å². The zero-order valence-electron chi connectivity index (χ0n) is 13.4. The summed E-state index contributed by atoms with van der Waals surface area (Å²) >= 11 is 1.41. The van der Waals surface area contributed by atoms with Crippen LogP contribution >= 0.6 is 23.7 Å². The number of anilines is 1. The molecule has 1 heterocycles. The highest BCUT2D eigenvalue weighted by Crippen LogP contribution is 2.29. The Balaban J connectivity index is 0.00000208. The lowest BCUT2D eigenvalue weighted by molar-refractivity contribution is -0.119. The zero-order valence-corrected chi connectivity index (χ0v) is 15.1. The van der Waals surface area contributed by atoms with Crippen LogP contribution in [0.2, 0.25) is 0 Å². The van der Waals surface area contributed by atoms with Crippen molar-refractivity contribution in [3.63, 3.8) is 0 Å². The third-order valence-electron chi connectivity index (χ3n) is 4.28. The van der Waals surface area contributed by atoms with E-state index in [0.29, 0.717) is 17.1 Å². The maximum atomic E-state index is 13.8. The zero-order chi connectivity index (χ0) is 16.4. The molecule has 0 aliphatic heterocycles. The average Bonchev–Trinajstić information content (AvgIpc) is 3.08. The fourth-order valence-electron chi connectivity index (χ4n) is 2.92. The highest BCUT2D eigenvalue weighted by molar-refractivity contribution is 7.15. The first-order valence-electron chi connectivity index (χ1n) is 7.79. The molecule has 7 heteroatoms. The van der Waals surface area contributed by atoms with Gasteiger partial charge in [0.15, 0.2) is 5.13 Å². The van der Waals surface area contributed by atoms with Crippen molar-refractivity contribution >= 4 is 34.8 Å². The molecule has 2 atom stereocenters. The first kappa shape index (κ1) is 18.8. The maximum Gasteiger partial charge on any atom is 0.229 e. The van der Waals surface area contributed by atoms with Crippen molar-refractivity contribution in [1.29, 1.82) is 0 Å². The Bertz CT molecular complexity index is 722. The molecule has 2 unspecified atom stereocenters. The van der Waals surface area contributed by atoms with Crippen molar-refractivity contribution in [2.45, 2.75) is 38.6 Å². The van der Waals surface area contributed by atoms with Crippen LogP contribution in [-0.4, -0.2) is 16.9 Å². The number of nitrogens with two attached hydrogens (primary N) is 1. The van der Waals surface area contributed by atoms with Gasteiger partial charge < -0.3 is 11.1 Å². The van der Waals surface area contributed by atoms with E-state index < -0.39 is 0 Å². The number of carbonyl (C=O) groups is 1. The van der Waals surface area contributed by atoms with Gasteiger partial charge in [0.25, 0.3) is 0 Å². The summed E-state index contributed by atoms with van der Waals surface area (Å²) in [5.74, 6) is -0.251. The van der Waals surface area contributed by atoms with Crippen LogP contribution < -0.4 is 11.1 Å². The van der Waals surface area contributed by atoms with E-state index in [0.717, 1.165) is 29.8 Å². The van der Waals surface area contributed by atoms with Gasteiger partial charge in [0.05, 0.1) is 5.69 Å². The minimum absolute atomic E-state index is 0. The molecule has 0 saturated heterocycles. The lowest BCUT2D eigenvalue weighted by atomic mass is 10.1. The van der Waals surface area contributed by atoms with E-state index in [2.05, 4.69) is 10.3 Å². The molecule has 0 spiro atoms. The van der Waals surface area contributed by atoms with Crippen LogP contribution in [0, 0.1) is 18.7 Å². The van der Waals surface area contributed by atoms with E-state index in [9.17, 15) is 9.18 Å². The van der Waals surface area contributed by atoms with Crippen LogP contribution in [0.4, 0.5) is 9.52 Å². The Labute approximate surface area is 151 Å². The number of carbonyl (C=O) groups excluding carboxylic acids is 1. The fraction of sp³-hybridized carbons (Fsp3) is 0.412. The van der Waals surface area contributed by atoms with E-state index in [1.54, 1.807) is 12.1 Å². The number of amides is 1. The number of halogens is 2. The van der Waals surface area contributed by atoms with E-state index in [1.807, 2.05) is 13.0 Å². The van der Waals surface area contributed by atoms with Gasteiger partial charge in [-0.25, -0.2) is 9.37 Å². The molecule has 1 aromatic carbocycles. The van der Waals surface area contributed by atoms with Gasteiger partial charge in [-0.05, 0) is 37.8 Å². The van der Waals surface area contributed by atoms with Gasteiger partial charge in [0.2, 0.25) is 5.91 Å². The van der Waals surface area contributed by atoms with Crippen LogP contribution in [0.3, 0.4) is 0 Å². The molecule has 4 nitrogen and oxygen atoms in total. The molecular formula is C17H21ClFN3OS. The number of hydrogen-bond donors (Lipinski definition) is 2. The predicted molar refractivity (Wildman–Crippen MR) is 97.3 cm³/mol. The van der Waals surface area contributed by atoms with Gasteiger partial charge in [-0.2, -0.15) is 0 Å². The van der Waals surface area contributed by atoms with Crippen molar-refractivity contribution in [2.24, 2.45) is 11.7 Å². The third-order valence-corrected chi connectivity index (χ3v) is 5.35. The summed E-state index contributed by atoms with van der Waals surface area (Å²) in [6, 6.07) is 6.85. The summed E-state index contributed by atoms with van der Waals surface area (Å²) in [7, 11) is 0. The quantitative estimate of drug-likeness (QED) is 0.864. The minimum Gasteiger partial charge on any atom is -0.328 e. The molecule has 1 aliphatic rings. The molecule has 3 N–H and O–H groups in total. The van der Waals surface area contributed by atoms with Crippen LogP contribution in [0.25, 0.3) is 0 Å². The van der Waals surface area contributed by atoms with Crippen molar-refractivity contribution in [1.82, 2.24) is 4.98 Å². The third kappa shape index (κ3) is 4.32. The number of aromatic nitrogens is 1. The van der Waals surface area contributed by atoms with Crippen molar-refractivity contribution in [3.8, 4) is 0 Å². The topological polar surface area (TPSA) is 68.0 Å². The number of hydrogen-bond acceptors (Lipinski definition) is 4. The van der Waals surface area contributed by atoms with Gasteiger partial charge >= 0.3 is 0 Å². The normalized spacial score (nSPS) is 19.8. The summed E-state index contributed by atoms with van der Waals surface area (Å²) in [6.07, 6.45) is 2.95. The molecule has 130 valence electrons. The summed E-state index contributed by atoms with van der Waals surface area (Å²) in [5.41, 5.74) is 7.32. The average molecular weight is 370 g/mol. The van der Waals surface area contributed by atoms with Crippen molar-refractivity contribution in [2.75, 3.05) is 5.32 Å². The van der Waals surface area contributed by atoms with E-state index in [4.69, 9.17) is 5.73 Å². The summed E-state index contributed by atoms with van der Waals surface area (Å²) in [5, 5.41) is 3.47. The standard InChI is InChI=1S/C17H20FN3OS.ClH/c1-10-15(9-11-4-2-3-5-14(11)18)23-17(20-10)21-16(22)12-6-7-13(19)8-12;/h2-5,12-13H,6-9,19H2,1H3,(H,20,21,22);1H. The van der Waals surface area contributed by atoms with Crippen LogP contribution in [0.5, 0.6) is 0 Å². The SMILES string of the molecule is Cc1nc(NC(=O)C2CCC(N)C2)sc1Cc1ccccc1F.Cl. The van der Waals surface area contributed by atoms with Crippen LogP contribution in [0.15, 0.2) is 24.3 Å². The summed E-state index contributed by atoms with van der Waals surface area (Å²) in [4.78, 5) is 17.6. The molecule has 1 saturated carbocycles. The Morgan fingerprint density at radius 3 is 2.83 bits per heavy atom. The second-order valence-electron chi connectivity index (χ2n) is 6.06. The molecule has 24 heavy (non-hydrogen) atoms. The highest BCUT2D eigenvalue weighted by Gasteiger charge is 2.28. The number of thiazole rings is 1. The van der Waals surface area contributed by atoms with Crippen LogP contribution in [-0.2, 0) is 11.2 Å². The Hall–Kier alpha value is -1.50. The molecule has 0 bridgehead atoms. The van der Waals surface area contributed by atoms with Gasteiger partial charge in [-0.3, -0.25) is 4.79 Å². The first-order valence-corrected chi connectivity index (χ1v) is 8.60. The fourth-order valence-corrected chi connectivity index (χ4v) is 3.91. The van der Waals surface area contributed by atoms with Gasteiger partial charge in [0.1, 0.15) is 5.82 Å². The summed E-state index contributed by atoms with van der Waals surface area (Å²) in [6.45, 7) is 1.88. The van der Waals surface area contributed by atoms with E-state index in [-0.39, 0.29) is 36.1 Å². The summed E-state index contributed by atoms with van der Waals surface area (Å²) < 4.78 is 13.8. The molecule has 1 fully saturated rings. The number of aryl methyl sites for hydroxylation is 1. The maximum absolute atomic E-state index is 13.8. The second-order valence-corrected chi connectivity index (χ2v) is 7.14. The second kappa shape index (κ2) is 8.05. The monoisotopic (exact) mass is 369 g/mol. The molecule has 1 aliphatic carbocycles.